The first-order chi connectivity index (χ1) is 11.3. The van der Waals surface area contributed by atoms with E-state index < -0.39 is 0 Å². The van der Waals surface area contributed by atoms with Crippen molar-refractivity contribution in [2.24, 2.45) is 0 Å². The summed E-state index contributed by atoms with van der Waals surface area (Å²) in [5, 5.41) is 0.765. The van der Waals surface area contributed by atoms with E-state index in [1.54, 1.807) is 4.90 Å². The highest BCUT2D eigenvalue weighted by Crippen LogP contribution is 2.38. The molecule has 5 heteroatoms. The third-order valence-corrected chi connectivity index (χ3v) is 6.17. The van der Waals surface area contributed by atoms with Gasteiger partial charge >= 0.3 is 6.09 Å². The van der Waals surface area contributed by atoms with E-state index in [0.717, 1.165) is 31.4 Å². The van der Waals surface area contributed by atoms with Crippen LogP contribution in [0.4, 0.5) is 10.5 Å². The minimum Gasteiger partial charge on any atom is -0.453 e. The number of para-hydroxylation sites is 1. The van der Waals surface area contributed by atoms with Crippen LogP contribution in [0.5, 0.6) is 0 Å². The van der Waals surface area contributed by atoms with Gasteiger partial charge in [-0.15, -0.1) is 11.8 Å². The molecule has 0 radical (unpaired) electrons. The van der Waals surface area contributed by atoms with E-state index in [9.17, 15) is 4.79 Å². The highest BCUT2D eigenvalue weighted by atomic mass is 32.2. The SMILES string of the molecule is COC(=O)N1CCN(c2ccccc2SC2CCCCC2)CC1. The van der Waals surface area contributed by atoms with Crippen LogP contribution in [0, 0.1) is 0 Å². The number of amides is 1. The summed E-state index contributed by atoms with van der Waals surface area (Å²) in [6.45, 7) is 3.21. The molecule has 1 aliphatic carbocycles. The number of piperazine rings is 1. The van der Waals surface area contributed by atoms with Crippen LogP contribution in [0.1, 0.15) is 32.1 Å². The largest absolute Gasteiger partial charge is 0.453 e. The number of anilines is 1. The van der Waals surface area contributed by atoms with Crippen LogP contribution >= 0.6 is 11.8 Å². The summed E-state index contributed by atoms with van der Waals surface area (Å²) in [6, 6.07) is 8.73. The normalized spacial score (nSPS) is 19.7. The predicted molar refractivity (Wildman–Crippen MR) is 95.4 cm³/mol. The third kappa shape index (κ3) is 4.14. The minimum absolute atomic E-state index is 0.213. The van der Waals surface area contributed by atoms with Crippen molar-refractivity contribution in [3.8, 4) is 0 Å². The van der Waals surface area contributed by atoms with Crippen molar-refractivity contribution in [1.29, 1.82) is 0 Å². The smallest absolute Gasteiger partial charge is 0.409 e. The van der Waals surface area contributed by atoms with Gasteiger partial charge in [-0.3, -0.25) is 0 Å². The molecule has 0 bridgehead atoms. The summed E-state index contributed by atoms with van der Waals surface area (Å²) in [6.07, 6.45) is 6.61. The number of rotatable bonds is 3. The van der Waals surface area contributed by atoms with E-state index in [0.29, 0.717) is 0 Å². The predicted octanol–water partition coefficient (Wildman–Crippen LogP) is 4.00. The third-order valence-electron chi connectivity index (χ3n) is 4.76. The van der Waals surface area contributed by atoms with Crippen molar-refractivity contribution in [3.63, 3.8) is 0 Å². The molecule has 1 amide bonds. The van der Waals surface area contributed by atoms with Gasteiger partial charge < -0.3 is 14.5 Å². The van der Waals surface area contributed by atoms with Crippen LogP contribution in [-0.2, 0) is 4.74 Å². The Bertz CT molecular complexity index is 524. The fraction of sp³-hybridized carbons (Fsp3) is 0.611. The molecule has 3 rings (SSSR count). The molecule has 1 saturated carbocycles. The average molecular weight is 334 g/mol. The van der Waals surface area contributed by atoms with Gasteiger partial charge in [-0.05, 0) is 25.0 Å². The van der Waals surface area contributed by atoms with Gasteiger partial charge in [0.25, 0.3) is 0 Å². The summed E-state index contributed by atoms with van der Waals surface area (Å²) in [7, 11) is 1.45. The summed E-state index contributed by atoms with van der Waals surface area (Å²) < 4.78 is 4.82. The number of nitrogens with zero attached hydrogens (tertiary/aromatic N) is 2. The van der Waals surface area contributed by atoms with E-state index in [2.05, 4.69) is 29.2 Å². The minimum atomic E-state index is -0.213. The molecule has 2 fully saturated rings. The lowest BCUT2D eigenvalue weighted by atomic mass is 10.0. The fourth-order valence-corrected chi connectivity index (χ4v) is 4.84. The Hall–Kier alpha value is -1.36. The van der Waals surface area contributed by atoms with E-state index in [-0.39, 0.29) is 6.09 Å². The number of carbonyl (C=O) groups excluding carboxylic acids is 1. The molecule has 23 heavy (non-hydrogen) atoms. The molecule has 126 valence electrons. The standard InChI is InChI=1S/C18H26N2O2S/c1-22-18(21)20-13-11-19(12-14-20)16-9-5-6-10-17(16)23-15-7-3-2-4-8-15/h5-6,9-10,15H,2-4,7-8,11-14H2,1H3. The Morgan fingerprint density at radius 3 is 2.48 bits per heavy atom. The number of carbonyl (C=O) groups is 1. The first-order valence-corrected chi connectivity index (χ1v) is 9.49. The van der Waals surface area contributed by atoms with Crippen molar-refractivity contribution in [1.82, 2.24) is 4.90 Å². The molecule has 1 heterocycles. The Balaban J connectivity index is 1.65. The van der Waals surface area contributed by atoms with Gasteiger partial charge in [0.1, 0.15) is 0 Å². The van der Waals surface area contributed by atoms with Gasteiger partial charge in [0.2, 0.25) is 0 Å². The van der Waals surface area contributed by atoms with Gasteiger partial charge in [0.05, 0.1) is 12.8 Å². The molecular formula is C18H26N2O2S. The van der Waals surface area contributed by atoms with Crippen molar-refractivity contribution in [3.05, 3.63) is 24.3 Å². The maximum atomic E-state index is 11.6. The first kappa shape index (κ1) is 16.5. The van der Waals surface area contributed by atoms with Crippen LogP contribution in [0.25, 0.3) is 0 Å². The lowest BCUT2D eigenvalue weighted by Gasteiger charge is -2.36. The van der Waals surface area contributed by atoms with Crippen LogP contribution in [0.15, 0.2) is 29.2 Å². The molecule has 1 aromatic carbocycles. The molecule has 0 spiro atoms. The lowest BCUT2D eigenvalue weighted by Crippen LogP contribution is -2.48. The highest BCUT2D eigenvalue weighted by Gasteiger charge is 2.24. The van der Waals surface area contributed by atoms with Crippen molar-refractivity contribution in [2.45, 2.75) is 42.2 Å². The van der Waals surface area contributed by atoms with Crippen molar-refractivity contribution >= 4 is 23.5 Å². The summed E-state index contributed by atoms with van der Waals surface area (Å²) >= 11 is 2.05. The molecule has 1 saturated heterocycles. The Morgan fingerprint density at radius 1 is 1.09 bits per heavy atom. The topological polar surface area (TPSA) is 32.8 Å². The van der Waals surface area contributed by atoms with Crippen LogP contribution in [-0.4, -0.2) is 49.5 Å². The molecule has 1 aliphatic heterocycles. The van der Waals surface area contributed by atoms with Gasteiger partial charge in [-0.2, -0.15) is 0 Å². The quantitative estimate of drug-likeness (QED) is 0.836. The molecule has 0 unspecified atom stereocenters. The molecular weight excluding hydrogens is 308 g/mol. The highest BCUT2D eigenvalue weighted by molar-refractivity contribution is 8.00. The van der Waals surface area contributed by atoms with E-state index in [1.807, 2.05) is 11.8 Å². The number of hydrogen-bond donors (Lipinski definition) is 0. The van der Waals surface area contributed by atoms with Gasteiger partial charge in [0.15, 0.2) is 0 Å². The summed E-state index contributed by atoms with van der Waals surface area (Å²) in [4.78, 5) is 17.2. The molecule has 0 N–H and O–H groups in total. The number of methoxy groups -OCH3 is 1. The fourth-order valence-electron chi connectivity index (χ4n) is 3.44. The van der Waals surface area contributed by atoms with E-state index in [1.165, 1.54) is 49.8 Å². The molecule has 2 aliphatic rings. The van der Waals surface area contributed by atoms with Crippen LogP contribution in [0.2, 0.25) is 0 Å². The zero-order chi connectivity index (χ0) is 16.1. The summed E-state index contributed by atoms with van der Waals surface area (Å²) in [5.41, 5.74) is 1.33. The van der Waals surface area contributed by atoms with Gasteiger partial charge in [-0.1, -0.05) is 31.4 Å². The maximum absolute atomic E-state index is 11.6. The average Bonchev–Trinajstić information content (AvgIpc) is 2.62. The number of ether oxygens (including phenoxy) is 1. The monoisotopic (exact) mass is 334 g/mol. The second-order valence-corrected chi connectivity index (χ2v) is 7.63. The zero-order valence-corrected chi connectivity index (χ0v) is 14.7. The molecule has 0 atom stereocenters. The summed E-state index contributed by atoms with van der Waals surface area (Å²) in [5.74, 6) is 0. The molecule has 1 aromatic rings. The second kappa shape index (κ2) is 7.95. The Labute approximate surface area is 143 Å². The number of thioether (sulfide) groups is 1. The van der Waals surface area contributed by atoms with Crippen LogP contribution < -0.4 is 4.90 Å². The van der Waals surface area contributed by atoms with E-state index >= 15 is 0 Å². The van der Waals surface area contributed by atoms with Crippen LogP contribution in [0.3, 0.4) is 0 Å². The number of benzene rings is 1. The van der Waals surface area contributed by atoms with Crippen molar-refractivity contribution in [2.75, 3.05) is 38.2 Å². The number of hydrogen-bond acceptors (Lipinski definition) is 4. The lowest BCUT2D eigenvalue weighted by molar-refractivity contribution is 0.121. The zero-order valence-electron chi connectivity index (χ0n) is 13.9. The second-order valence-electron chi connectivity index (χ2n) is 6.29. The van der Waals surface area contributed by atoms with Gasteiger partial charge in [0, 0.05) is 36.3 Å². The molecule has 4 nitrogen and oxygen atoms in total. The Kier molecular flexibility index (Phi) is 5.70. The van der Waals surface area contributed by atoms with Gasteiger partial charge in [-0.25, -0.2) is 4.79 Å². The molecule has 0 aromatic heterocycles. The first-order valence-electron chi connectivity index (χ1n) is 8.61. The maximum Gasteiger partial charge on any atom is 0.409 e. The Morgan fingerprint density at radius 2 is 1.78 bits per heavy atom. The van der Waals surface area contributed by atoms with E-state index in [4.69, 9.17) is 4.74 Å². The van der Waals surface area contributed by atoms with Crippen molar-refractivity contribution < 1.29 is 9.53 Å².